The monoisotopic (exact) mass is 237 g/mol. The van der Waals surface area contributed by atoms with Gasteiger partial charge in [-0.05, 0) is 6.07 Å². The fraction of sp³-hybridized carbons (Fsp3) is 0.583. The van der Waals surface area contributed by atoms with E-state index in [1.807, 2.05) is 13.2 Å². The van der Waals surface area contributed by atoms with Crippen LogP contribution in [0.3, 0.4) is 0 Å². The van der Waals surface area contributed by atoms with Crippen LogP contribution in [-0.4, -0.2) is 35.6 Å². The first-order chi connectivity index (χ1) is 7.69. The zero-order chi connectivity index (χ0) is 11.5. The molecule has 88 valence electrons. The minimum atomic E-state index is 0.704. The maximum Gasteiger partial charge on any atom is 0.127 e. The molecule has 0 saturated carbocycles. The van der Waals surface area contributed by atoms with Crippen LogP contribution in [0.1, 0.15) is 13.8 Å². The highest BCUT2D eigenvalue weighted by Crippen LogP contribution is 2.28. The predicted octanol–water partition coefficient (Wildman–Crippen LogP) is 2.45. The van der Waals surface area contributed by atoms with Crippen molar-refractivity contribution in [2.75, 3.05) is 30.4 Å². The number of thioether (sulfide) groups is 1. The van der Waals surface area contributed by atoms with Crippen molar-refractivity contribution in [2.45, 2.75) is 24.3 Å². The van der Waals surface area contributed by atoms with Crippen LogP contribution in [-0.2, 0) is 0 Å². The van der Waals surface area contributed by atoms with Gasteiger partial charge in [0, 0.05) is 48.6 Å². The van der Waals surface area contributed by atoms with Crippen LogP contribution in [0.2, 0.25) is 0 Å². The predicted molar refractivity (Wildman–Crippen MR) is 72.5 cm³/mol. The summed E-state index contributed by atoms with van der Waals surface area (Å²) < 4.78 is 0. The maximum atomic E-state index is 4.25. The third-order valence-electron chi connectivity index (χ3n) is 2.78. The van der Waals surface area contributed by atoms with Crippen LogP contribution in [0.15, 0.2) is 18.3 Å². The van der Waals surface area contributed by atoms with Crippen molar-refractivity contribution in [1.82, 2.24) is 4.98 Å². The number of nitrogens with one attached hydrogen (secondary N) is 1. The molecule has 0 aliphatic carbocycles. The van der Waals surface area contributed by atoms with Gasteiger partial charge in [0.1, 0.15) is 5.82 Å². The summed E-state index contributed by atoms with van der Waals surface area (Å²) in [6.07, 6.45) is 1.87. The van der Waals surface area contributed by atoms with E-state index < -0.39 is 0 Å². The second-order valence-electron chi connectivity index (χ2n) is 4.31. The highest BCUT2D eigenvalue weighted by atomic mass is 32.2. The fourth-order valence-electron chi connectivity index (χ4n) is 2.14. The van der Waals surface area contributed by atoms with Gasteiger partial charge < -0.3 is 10.2 Å². The van der Waals surface area contributed by atoms with E-state index in [-0.39, 0.29) is 0 Å². The first kappa shape index (κ1) is 11.6. The van der Waals surface area contributed by atoms with E-state index in [1.165, 1.54) is 5.69 Å². The Hall–Kier alpha value is -0.900. The Morgan fingerprint density at radius 1 is 1.38 bits per heavy atom. The average Bonchev–Trinajstić information content (AvgIpc) is 2.28. The largest absolute Gasteiger partial charge is 0.373 e. The highest BCUT2D eigenvalue weighted by molar-refractivity contribution is 8.00. The molecule has 0 spiro atoms. The Labute approximate surface area is 102 Å². The van der Waals surface area contributed by atoms with E-state index in [2.05, 4.69) is 52.9 Å². The normalized spacial score (nSPS) is 25.6. The van der Waals surface area contributed by atoms with E-state index in [0.717, 1.165) is 18.9 Å². The minimum Gasteiger partial charge on any atom is -0.373 e. The van der Waals surface area contributed by atoms with E-state index in [1.54, 1.807) is 0 Å². The molecule has 0 bridgehead atoms. The summed E-state index contributed by atoms with van der Waals surface area (Å²) in [7, 11) is 1.91. The molecule has 2 unspecified atom stereocenters. The van der Waals surface area contributed by atoms with Crippen LogP contribution in [0.5, 0.6) is 0 Å². The molecule has 0 aromatic carbocycles. The molecular formula is C12H19N3S. The average molecular weight is 237 g/mol. The Bertz CT molecular complexity index is 346. The van der Waals surface area contributed by atoms with Gasteiger partial charge >= 0.3 is 0 Å². The third-order valence-corrected chi connectivity index (χ3v) is 4.01. The van der Waals surface area contributed by atoms with E-state index in [9.17, 15) is 0 Å². The molecule has 3 nitrogen and oxygen atoms in total. The molecule has 2 heterocycles. The van der Waals surface area contributed by atoms with Gasteiger partial charge in [-0.25, -0.2) is 4.98 Å². The van der Waals surface area contributed by atoms with Gasteiger partial charge in [-0.1, -0.05) is 13.8 Å². The lowest BCUT2D eigenvalue weighted by molar-refractivity contribution is 0.728. The van der Waals surface area contributed by atoms with Crippen LogP contribution in [0, 0.1) is 0 Å². The summed E-state index contributed by atoms with van der Waals surface area (Å²) in [5.41, 5.74) is 1.28. The lowest BCUT2D eigenvalue weighted by atomic mass is 10.2. The highest BCUT2D eigenvalue weighted by Gasteiger charge is 2.22. The molecule has 4 heteroatoms. The van der Waals surface area contributed by atoms with Gasteiger partial charge in [-0.15, -0.1) is 0 Å². The molecule has 1 N–H and O–H groups in total. The summed E-state index contributed by atoms with van der Waals surface area (Å²) in [4.78, 5) is 6.70. The quantitative estimate of drug-likeness (QED) is 0.855. The number of anilines is 2. The molecule has 1 saturated heterocycles. The van der Waals surface area contributed by atoms with Gasteiger partial charge in [0.25, 0.3) is 0 Å². The Morgan fingerprint density at radius 3 is 2.69 bits per heavy atom. The minimum absolute atomic E-state index is 0.704. The Balaban J connectivity index is 2.16. The Morgan fingerprint density at radius 2 is 2.06 bits per heavy atom. The maximum absolute atomic E-state index is 4.25. The summed E-state index contributed by atoms with van der Waals surface area (Å²) in [5.74, 6) is 0.941. The van der Waals surface area contributed by atoms with Gasteiger partial charge in [0.2, 0.25) is 0 Å². The van der Waals surface area contributed by atoms with E-state index in [4.69, 9.17) is 0 Å². The van der Waals surface area contributed by atoms with Gasteiger partial charge in [-0.2, -0.15) is 11.8 Å². The number of pyridine rings is 1. The first-order valence-electron chi connectivity index (χ1n) is 5.73. The molecule has 2 atom stereocenters. The summed E-state index contributed by atoms with van der Waals surface area (Å²) in [6, 6.07) is 4.21. The molecule has 1 aromatic heterocycles. The van der Waals surface area contributed by atoms with Crippen molar-refractivity contribution >= 4 is 23.3 Å². The zero-order valence-electron chi connectivity index (χ0n) is 10.1. The topological polar surface area (TPSA) is 28.2 Å². The molecule has 1 fully saturated rings. The van der Waals surface area contributed by atoms with E-state index >= 15 is 0 Å². The van der Waals surface area contributed by atoms with E-state index in [0.29, 0.717) is 10.5 Å². The number of rotatable bonds is 2. The second kappa shape index (κ2) is 4.95. The lowest BCUT2D eigenvalue weighted by Crippen LogP contribution is -2.40. The number of nitrogens with zero attached hydrogens (tertiary/aromatic N) is 2. The molecule has 1 aromatic rings. The van der Waals surface area contributed by atoms with Crippen LogP contribution >= 0.6 is 11.8 Å². The molecule has 2 rings (SSSR count). The second-order valence-corrected chi connectivity index (χ2v) is 6.19. The molecule has 1 aliphatic heterocycles. The van der Waals surface area contributed by atoms with Crippen molar-refractivity contribution in [1.29, 1.82) is 0 Å². The molecule has 0 amide bonds. The molecule has 0 radical (unpaired) electrons. The van der Waals surface area contributed by atoms with Crippen LogP contribution < -0.4 is 10.2 Å². The summed E-state index contributed by atoms with van der Waals surface area (Å²) in [5, 5.41) is 4.49. The fourth-order valence-corrected chi connectivity index (χ4v) is 3.47. The van der Waals surface area contributed by atoms with Gasteiger partial charge in [0.15, 0.2) is 0 Å². The molecule has 1 aliphatic rings. The number of hydrogen-bond donors (Lipinski definition) is 1. The third kappa shape index (κ3) is 2.61. The summed E-state index contributed by atoms with van der Waals surface area (Å²) in [6.45, 7) is 6.85. The van der Waals surface area contributed by atoms with Gasteiger partial charge in [0.05, 0.1) is 0 Å². The molecule has 16 heavy (non-hydrogen) atoms. The number of aromatic nitrogens is 1. The molecular weight excluding hydrogens is 218 g/mol. The van der Waals surface area contributed by atoms with Crippen LogP contribution in [0.25, 0.3) is 0 Å². The summed E-state index contributed by atoms with van der Waals surface area (Å²) >= 11 is 2.08. The zero-order valence-corrected chi connectivity index (χ0v) is 10.9. The van der Waals surface area contributed by atoms with Crippen molar-refractivity contribution in [3.63, 3.8) is 0 Å². The van der Waals surface area contributed by atoms with Crippen molar-refractivity contribution in [3.05, 3.63) is 18.3 Å². The smallest absolute Gasteiger partial charge is 0.127 e. The van der Waals surface area contributed by atoms with Crippen LogP contribution in [0.4, 0.5) is 11.5 Å². The first-order valence-corrected chi connectivity index (χ1v) is 6.67. The SMILES string of the molecule is CNc1cc(N2CC(C)SC(C)C2)ccn1. The number of hydrogen-bond acceptors (Lipinski definition) is 4. The van der Waals surface area contributed by atoms with Crippen molar-refractivity contribution in [3.8, 4) is 0 Å². The van der Waals surface area contributed by atoms with Crippen molar-refractivity contribution in [2.24, 2.45) is 0 Å². The standard InChI is InChI=1S/C12H19N3S/c1-9-7-15(8-10(2)16-9)11-4-5-14-12(6-11)13-3/h4-6,9-10H,7-8H2,1-3H3,(H,13,14). The lowest BCUT2D eigenvalue weighted by Gasteiger charge is -2.36. The Kier molecular flexibility index (Phi) is 3.59. The van der Waals surface area contributed by atoms with Crippen molar-refractivity contribution < 1.29 is 0 Å². The van der Waals surface area contributed by atoms with Gasteiger partial charge in [-0.3, -0.25) is 0 Å².